The number of nitrogens with zero attached hydrogens (tertiary/aromatic N) is 2. The van der Waals surface area contributed by atoms with Gasteiger partial charge in [-0.05, 0) is 18.7 Å². The third-order valence-corrected chi connectivity index (χ3v) is 2.74. The van der Waals surface area contributed by atoms with Crippen LogP contribution in [0.1, 0.15) is 15.9 Å². The van der Waals surface area contributed by atoms with Crippen LogP contribution in [0.25, 0.3) is 0 Å². The Hall–Kier alpha value is -1.92. The minimum Gasteiger partial charge on any atom is -0.348 e. The van der Waals surface area contributed by atoms with Crippen molar-refractivity contribution < 1.29 is 9.59 Å². The lowest BCUT2D eigenvalue weighted by molar-refractivity contribution is -0.129. The van der Waals surface area contributed by atoms with Gasteiger partial charge in [-0.15, -0.1) is 0 Å². The Bertz CT molecular complexity index is 460. The van der Waals surface area contributed by atoms with Crippen LogP contribution in [0.5, 0.6) is 0 Å². The van der Waals surface area contributed by atoms with Crippen molar-refractivity contribution in [1.29, 1.82) is 0 Å². The standard InChI is InChI=1S/C13H20N4O2/c1-16(2)12(18)9-17(3)8-10-6-4-5-7-11(10)13(19)15-14/h4-7H,8-9,14H2,1-3H3,(H,15,19). The largest absolute Gasteiger partial charge is 0.348 e. The summed E-state index contributed by atoms with van der Waals surface area (Å²) in [5.74, 6) is 4.84. The highest BCUT2D eigenvalue weighted by Crippen LogP contribution is 2.10. The van der Waals surface area contributed by atoms with Crippen molar-refractivity contribution in [2.75, 3.05) is 27.7 Å². The number of nitrogen functional groups attached to an aromatic ring is 1. The van der Waals surface area contributed by atoms with Gasteiger partial charge >= 0.3 is 0 Å². The number of rotatable bonds is 5. The molecule has 0 aliphatic carbocycles. The fourth-order valence-electron chi connectivity index (χ4n) is 1.68. The van der Waals surface area contributed by atoms with E-state index in [0.717, 1.165) is 5.56 Å². The summed E-state index contributed by atoms with van der Waals surface area (Å²) in [6.45, 7) is 0.800. The van der Waals surface area contributed by atoms with Gasteiger partial charge in [-0.1, -0.05) is 18.2 Å². The second kappa shape index (κ2) is 6.86. The molecule has 2 amide bonds. The maximum atomic E-state index is 11.6. The zero-order valence-corrected chi connectivity index (χ0v) is 11.5. The summed E-state index contributed by atoms with van der Waals surface area (Å²) in [7, 11) is 5.26. The van der Waals surface area contributed by atoms with Crippen LogP contribution < -0.4 is 11.3 Å². The molecule has 0 unspecified atom stereocenters. The van der Waals surface area contributed by atoms with Gasteiger partial charge in [0.2, 0.25) is 5.91 Å². The topological polar surface area (TPSA) is 78.7 Å². The summed E-state index contributed by atoms with van der Waals surface area (Å²) in [4.78, 5) is 26.6. The Morgan fingerprint density at radius 2 is 1.84 bits per heavy atom. The Morgan fingerprint density at radius 1 is 1.21 bits per heavy atom. The van der Waals surface area contributed by atoms with Crippen LogP contribution in [0.2, 0.25) is 0 Å². The van der Waals surface area contributed by atoms with Gasteiger partial charge in [0.1, 0.15) is 0 Å². The molecule has 6 heteroatoms. The number of carbonyl (C=O) groups is 2. The second-order valence-corrected chi connectivity index (χ2v) is 4.59. The van der Waals surface area contributed by atoms with Crippen molar-refractivity contribution in [2.45, 2.75) is 6.54 Å². The van der Waals surface area contributed by atoms with E-state index in [-0.39, 0.29) is 11.8 Å². The normalized spacial score (nSPS) is 10.4. The zero-order chi connectivity index (χ0) is 14.4. The van der Waals surface area contributed by atoms with E-state index in [9.17, 15) is 9.59 Å². The molecular formula is C13H20N4O2. The van der Waals surface area contributed by atoms with E-state index >= 15 is 0 Å². The van der Waals surface area contributed by atoms with Gasteiger partial charge in [0.05, 0.1) is 6.54 Å². The first-order chi connectivity index (χ1) is 8.95. The molecule has 19 heavy (non-hydrogen) atoms. The van der Waals surface area contributed by atoms with Gasteiger partial charge in [0.15, 0.2) is 0 Å². The second-order valence-electron chi connectivity index (χ2n) is 4.59. The molecule has 3 N–H and O–H groups in total. The fraction of sp³-hybridized carbons (Fsp3) is 0.385. The lowest BCUT2D eigenvalue weighted by Gasteiger charge is -2.20. The van der Waals surface area contributed by atoms with Crippen LogP contribution in [-0.4, -0.2) is 49.3 Å². The van der Waals surface area contributed by atoms with Crippen molar-refractivity contribution in [3.63, 3.8) is 0 Å². The van der Waals surface area contributed by atoms with Gasteiger partial charge in [-0.25, -0.2) is 5.84 Å². The third-order valence-electron chi connectivity index (χ3n) is 2.74. The molecule has 0 bridgehead atoms. The molecule has 0 atom stereocenters. The van der Waals surface area contributed by atoms with Crippen LogP contribution in [0.4, 0.5) is 0 Å². The molecule has 104 valence electrons. The average molecular weight is 264 g/mol. The Kier molecular flexibility index (Phi) is 5.47. The molecule has 0 saturated heterocycles. The molecule has 0 radical (unpaired) electrons. The number of nitrogens with two attached hydrogens (primary N) is 1. The Morgan fingerprint density at radius 3 is 2.42 bits per heavy atom. The van der Waals surface area contributed by atoms with Crippen molar-refractivity contribution >= 4 is 11.8 Å². The van der Waals surface area contributed by atoms with E-state index in [4.69, 9.17) is 5.84 Å². The number of likely N-dealkylation sites (N-methyl/N-ethyl adjacent to an activating group) is 2. The summed E-state index contributed by atoms with van der Waals surface area (Å²) in [5, 5.41) is 0. The SMILES string of the molecule is CN(CC(=O)N(C)C)Cc1ccccc1C(=O)NN. The van der Waals surface area contributed by atoms with Crippen LogP contribution >= 0.6 is 0 Å². The number of amides is 2. The molecule has 0 fully saturated rings. The minimum absolute atomic E-state index is 0.0169. The molecular weight excluding hydrogens is 244 g/mol. The van der Waals surface area contributed by atoms with Crippen LogP contribution in [0.3, 0.4) is 0 Å². The quantitative estimate of drug-likeness (QED) is 0.439. The lowest BCUT2D eigenvalue weighted by atomic mass is 10.1. The summed E-state index contributed by atoms with van der Waals surface area (Å²) in [5.41, 5.74) is 3.48. The number of hydrogen-bond acceptors (Lipinski definition) is 4. The molecule has 1 aromatic rings. The molecule has 0 saturated carbocycles. The molecule has 0 aliphatic heterocycles. The highest BCUT2D eigenvalue weighted by Gasteiger charge is 2.13. The van der Waals surface area contributed by atoms with Crippen molar-refractivity contribution in [3.8, 4) is 0 Å². The summed E-state index contributed by atoms with van der Waals surface area (Å²) >= 11 is 0. The average Bonchev–Trinajstić information content (AvgIpc) is 2.38. The van der Waals surface area contributed by atoms with E-state index in [1.165, 1.54) is 4.90 Å². The molecule has 1 aromatic carbocycles. The van der Waals surface area contributed by atoms with E-state index in [1.807, 2.05) is 24.1 Å². The lowest BCUT2D eigenvalue weighted by Crippen LogP contribution is -2.35. The number of nitrogens with one attached hydrogen (secondary N) is 1. The first kappa shape index (κ1) is 15.1. The van der Waals surface area contributed by atoms with E-state index in [1.54, 1.807) is 26.2 Å². The predicted molar refractivity (Wildman–Crippen MR) is 73.1 cm³/mol. The highest BCUT2D eigenvalue weighted by molar-refractivity contribution is 5.95. The van der Waals surface area contributed by atoms with Crippen molar-refractivity contribution in [2.24, 2.45) is 5.84 Å². The van der Waals surface area contributed by atoms with Crippen molar-refractivity contribution in [3.05, 3.63) is 35.4 Å². The highest BCUT2D eigenvalue weighted by atomic mass is 16.2. The molecule has 0 spiro atoms. The number of hydrogen-bond donors (Lipinski definition) is 2. The van der Waals surface area contributed by atoms with Gasteiger partial charge in [0, 0.05) is 26.2 Å². The minimum atomic E-state index is -0.331. The van der Waals surface area contributed by atoms with Gasteiger partial charge in [-0.2, -0.15) is 0 Å². The third kappa shape index (κ3) is 4.35. The number of carbonyl (C=O) groups excluding carboxylic acids is 2. The van der Waals surface area contributed by atoms with Crippen LogP contribution in [0.15, 0.2) is 24.3 Å². The smallest absolute Gasteiger partial charge is 0.265 e. The number of benzene rings is 1. The fourth-order valence-corrected chi connectivity index (χ4v) is 1.68. The maximum Gasteiger partial charge on any atom is 0.265 e. The first-order valence-electron chi connectivity index (χ1n) is 5.93. The molecule has 6 nitrogen and oxygen atoms in total. The van der Waals surface area contributed by atoms with Gasteiger partial charge in [0.25, 0.3) is 5.91 Å². The van der Waals surface area contributed by atoms with Crippen LogP contribution in [-0.2, 0) is 11.3 Å². The molecule has 0 aliphatic rings. The van der Waals surface area contributed by atoms with Gasteiger partial charge < -0.3 is 4.90 Å². The predicted octanol–water partition coefficient (Wildman–Crippen LogP) is -0.190. The van der Waals surface area contributed by atoms with Gasteiger partial charge in [-0.3, -0.25) is 19.9 Å². The number of hydrazine groups is 1. The first-order valence-corrected chi connectivity index (χ1v) is 5.93. The van der Waals surface area contributed by atoms with E-state index in [0.29, 0.717) is 18.7 Å². The molecule has 1 rings (SSSR count). The van der Waals surface area contributed by atoms with Crippen LogP contribution in [0, 0.1) is 0 Å². The molecule has 0 heterocycles. The maximum absolute atomic E-state index is 11.6. The zero-order valence-electron chi connectivity index (χ0n) is 11.5. The van der Waals surface area contributed by atoms with E-state index in [2.05, 4.69) is 5.43 Å². The Balaban J connectivity index is 2.76. The summed E-state index contributed by atoms with van der Waals surface area (Å²) in [6.07, 6.45) is 0. The summed E-state index contributed by atoms with van der Waals surface area (Å²) in [6, 6.07) is 7.18. The summed E-state index contributed by atoms with van der Waals surface area (Å²) < 4.78 is 0. The Labute approximate surface area is 113 Å². The van der Waals surface area contributed by atoms with Crippen molar-refractivity contribution in [1.82, 2.24) is 15.2 Å². The molecule has 0 aromatic heterocycles. The monoisotopic (exact) mass is 264 g/mol. The van der Waals surface area contributed by atoms with E-state index < -0.39 is 0 Å².